The van der Waals surface area contributed by atoms with E-state index in [2.05, 4.69) is 0 Å². The molecule has 0 radical (unpaired) electrons. The summed E-state index contributed by atoms with van der Waals surface area (Å²) in [4.78, 5) is 13.4. The molecule has 0 heterocycles. The van der Waals surface area contributed by atoms with Crippen LogP contribution in [0.3, 0.4) is 0 Å². The van der Waals surface area contributed by atoms with Crippen LogP contribution in [0, 0.1) is 5.41 Å². The first-order valence-electron chi connectivity index (χ1n) is 4.84. The fourth-order valence-corrected chi connectivity index (χ4v) is 1.53. The number of carbonyl (C=O) groups excluding carboxylic acids is 1. The van der Waals surface area contributed by atoms with Crippen LogP contribution in [0.15, 0.2) is 42.1 Å². The third-order valence-electron chi connectivity index (χ3n) is 2.18. The second-order valence-corrected chi connectivity index (χ2v) is 4.30. The summed E-state index contributed by atoms with van der Waals surface area (Å²) in [6.45, 7) is 3.72. The Hall–Kier alpha value is -1.17. The Kier molecular flexibility index (Phi) is 4.67. The average Bonchev–Trinajstić information content (AvgIpc) is 2.30. The van der Waals surface area contributed by atoms with Crippen molar-refractivity contribution in [1.29, 1.82) is 5.41 Å². The average molecular weight is 328 g/mol. The van der Waals surface area contributed by atoms with Crippen molar-refractivity contribution in [2.75, 3.05) is 4.90 Å². The van der Waals surface area contributed by atoms with Gasteiger partial charge in [0.2, 0.25) is 0 Å². The molecule has 0 spiro atoms. The second kappa shape index (κ2) is 5.79. The summed E-state index contributed by atoms with van der Waals surface area (Å²) in [7, 11) is 0. The van der Waals surface area contributed by atoms with Crippen LogP contribution in [0.2, 0.25) is 0 Å². The first kappa shape index (κ1) is 12.9. The number of nitrogens with zero attached hydrogens (tertiary/aromatic N) is 1. The van der Waals surface area contributed by atoms with Crippen LogP contribution >= 0.6 is 22.6 Å². The van der Waals surface area contributed by atoms with Gasteiger partial charge in [0.25, 0.3) is 5.91 Å². The van der Waals surface area contributed by atoms with Crippen molar-refractivity contribution >= 4 is 37.9 Å². The van der Waals surface area contributed by atoms with Gasteiger partial charge < -0.3 is 0 Å². The van der Waals surface area contributed by atoms with Crippen molar-refractivity contribution < 1.29 is 4.79 Å². The summed E-state index contributed by atoms with van der Waals surface area (Å²) in [5.74, 6) is -0.303. The summed E-state index contributed by atoms with van der Waals surface area (Å²) in [6, 6.07) is 9.34. The van der Waals surface area contributed by atoms with E-state index < -0.39 is 0 Å². The molecule has 0 bridgehead atoms. The maximum absolute atomic E-state index is 11.9. The molecule has 0 fully saturated rings. The highest BCUT2D eigenvalue weighted by Crippen LogP contribution is 2.19. The molecule has 0 atom stereocenters. The van der Waals surface area contributed by atoms with Crippen molar-refractivity contribution in [1.82, 2.24) is 0 Å². The molecule has 1 N–H and O–H groups in total. The quantitative estimate of drug-likeness (QED) is 0.671. The van der Waals surface area contributed by atoms with Gasteiger partial charge in [0.15, 0.2) is 3.72 Å². The standard InChI is InChI=1S/C12H13IN2O/c1-3-9(2)15(12(16)11(13)14)10-7-5-4-6-8-10/h3-8,14H,1-2H3/b9-3+,14-11?. The van der Waals surface area contributed by atoms with Crippen molar-refractivity contribution in [2.24, 2.45) is 0 Å². The van der Waals surface area contributed by atoms with Crippen LogP contribution in [0.4, 0.5) is 5.69 Å². The molecule has 16 heavy (non-hydrogen) atoms. The Labute approximate surface area is 109 Å². The van der Waals surface area contributed by atoms with Crippen LogP contribution in [0.25, 0.3) is 0 Å². The first-order valence-corrected chi connectivity index (χ1v) is 5.92. The van der Waals surface area contributed by atoms with Crippen molar-refractivity contribution in [3.05, 3.63) is 42.1 Å². The molecule has 0 unspecified atom stereocenters. The van der Waals surface area contributed by atoms with Gasteiger partial charge in [-0.25, -0.2) is 0 Å². The molecule has 0 aliphatic carbocycles. The van der Waals surface area contributed by atoms with Crippen LogP contribution in [-0.2, 0) is 4.79 Å². The van der Waals surface area contributed by atoms with Gasteiger partial charge in [0.1, 0.15) is 0 Å². The fourth-order valence-electron chi connectivity index (χ4n) is 1.29. The van der Waals surface area contributed by atoms with Crippen LogP contribution < -0.4 is 4.90 Å². The molecule has 0 aliphatic rings. The molecule has 1 amide bonds. The van der Waals surface area contributed by atoms with E-state index in [1.54, 1.807) is 22.6 Å². The van der Waals surface area contributed by atoms with Gasteiger partial charge in [-0.2, -0.15) is 0 Å². The van der Waals surface area contributed by atoms with Gasteiger partial charge in [-0.05, 0) is 48.6 Å². The van der Waals surface area contributed by atoms with E-state index >= 15 is 0 Å². The number of benzene rings is 1. The molecule has 1 rings (SSSR count). The van der Waals surface area contributed by atoms with E-state index in [-0.39, 0.29) is 9.63 Å². The minimum absolute atomic E-state index is 0.00246. The minimum atomic E-state index is -0.303. The highest BCUT2D eigenvalue weighted by molar-refractivity contribution is 14.1. The number of anilines is 1. The lowest BCUT2D eigenvalue weighted by Crippen LogP contribution is -2.32. The molecule has 0 saturated heterocycles. The van der Waals surface area contributed by atoms with Crippen LogP contribution in [0.5, 0.6) is 0 Å². The molecule has 1 aromatic rings. The Bertz CT molecular complexity index is 426. The number of nitrogens with one attached hydrogen (secondary N) is 1. The summed E-state index contributed by atoms with van der Waals surface area (Å²) in [5, 5.41) is 7.42. The first-order chi connectivity index (χ1) is 7.57. The fraction of sp³-hybridized carbons (Fsp3) is 0.167. The summed E-state index contributed by atoms with van der Waals surface area (Å²) in [5.41, 5.74) is 1.60. The smallest absolute Gasteiger partial charge is 0.286 e. The normalized spacial score (nSPS) is 11.1. The Balaban J connectivity index is 3.17. The van der Waals surface area contributed by atoms with E-state index in [1.807, 2.05) is 50.3 Å². The monoisotopic (exact) mass is 328 g/mol. The maximum Gasteiger partial charge on any atom is 0.286 e. The molecule has 0 saturated carbocycles. The predicted molar refractivity (Wildman–Crippen MR) is 75.1 cm³/mol. The number of hydrogen-bond acceptors (Lipinski definition) is 2. The Morgan fingerprint density at radius 3 is 2.38 bits per heavy atom. The topological polar surface area (TPSA) is 44.2 Å². The van der Waals surface area contributed by atoms with E-state index in [4.69, 9.17) is 5.41 Å². The zero-order chi connectivity index (χ0) is 12.1. The number of carbonyl (C=O) groups is 1. The number of amides is 1. The third kappa shape index (κ3) is 2.91. The van der Waals surface area contributed by atoms with E-state index in [0.29, 0.717) is 0 Å². The van der Waals surface area contributed by atoms with Gasteiger partial charge >= 0.3 is 0 Å². The summed E-state index contributed by atoms with van der Waals surface area (Å²) < 4.78 is 0.00246. The number of allylic oxidation sites excluding steroid dienone is 2. The molecule has 4 heteroatoms. The Morgan fingerprint density at radius 1 is 1.38 bits per heavy atom. The minimum Gasteiger partial charge on any atom is -0.290 e. The molecular formula is C12H13IN2O. The lowest BCUT2D eigenvalue weighted by Gasteiger charge is -2.22. The summed E-state index contributed by atoms with van der Waals surface area (Å²) in [6.07, 6.45) is 1.85. The molecule has 0 aromatic heterocycles. The molecular weight excluding hydrogens is 315 g/mol. The van der Waals surface area contributed by atoms with Gasteiger partial charge in [0, 0.05) is 11.4 Å². The van der Waals surface area contributed by atoms with Crippen molar-refractivity contribution in [3.63, 3.8) is 0 Å². The highest BCUT2D eigenvalue weighted by Gasteiger charge is 2.19. The van der Waals surface area contributed by atoms with E-state index in [9.17, 15) is 4.79 Å². The van der Waals surface area contributed by atoms with Gasteiger partial charge in [0.05, 0.1) is 0 Å². The molecule has 0 aliphatic heterocycles. The van der Waals surface area contributed by atoms with Gasteiger partial charge in [-0.1, -0.05) is 24.3 Å². The highest BCUT2D eigenvalue weighted by atomic mass is 127. The van der Waals surface area contributed by atoms with Crippen LogP contribution in [0.1, 0.15) is 13.8 Å². The SMILES string of the molecule is C/C=C(\C)N(C(=O)C(=N)I)c1ccccc1. The number of para-hydroxylation sites is 1. The summed E-state index contributed by atoms with van der Waals surface area (Å²) >= 11 is 1.73. The largest absolute Gasteiger partial charge is 0.290 e. The lowest BCUT2D eigenvalue weighted by atomic mass is 10.2. The van der Waals surface area contributed by atoms with Crippen LogP contribution in [-0.4, -0.2) is 9.63 Å². The second-order valence-electron chi connectivity index (χ2n) is 3.22. The van der Waals surface area contributed by atoms with E-state index in [0.717, 1.165) is 11.4 Å². The zero-order valence-corrected chi connectivity index (χ0v) is 11.4. The van der Waals surface area contributed by atoms with Gasteiger partial charge in [-0.3, -0.25) is 15.1 Å². The van der Waals surface area contributed by atoms with Crippen molar-refractivity contribution in [3.8, 4) is 0 Å². The lowest BCUT2D eigenvalue weighted by molar-refractivity contribution is -0.111. The number of hydrogen-bond donors (Lipinski definition) is 1. The zero-order valence-electron chi connectivity index (χ0n) is 9.20. The molecule has 1 aromatic carbocycles. The molecule has 84 valence electrons. The van der Waals surface area contributed by atoms with E-state index in [1.165, 1.54) is 4.90 Å². The number of halogens is 1. The van der Waals surface area contributed by atoms with Gasteiger partial charge in [-0.15, -0.1) is 0 Å². The third-order valence-corrected chi connectivity index (χ3v) is 2.64. The Morgan fingerprint density at radius 2 is 1.94 bits per heavy atom. The van der Waals surface area contributed by atoms with Crippen molar-refractivity contribution in [2.45, 2.75) is 13.8 Å². The number of rotatable bonds is 3. The molecule has 3 nitrogen and oxygen atoms in total. The predicted octanol–water partition coefficient (Wildman–Crippen LogP) is 3.36. The maximum atomic E-state index is 11.9.